The molecule has 0 saturated heterocycles. The second kappa shape index (κ2) is 7.67. The lowest BCUT2D eigenvalue weighted by molar-refractivity contribution is -0.115. The van der Waals surface area contributed by atoms with Crippen molar-refractivity contribution in [1.29, 1.82) is 0 Å². The molecule has 1 amide bonds. The van der Waals surface area contributed by atoms with Gasteiger partial charge in [-0.05, 0) is 48.9 Å². The summed E-state index contributed by atoms with van der Waals surface area (Å²) in [5, 5.41) is 5.65. The van der Waals surface area contributed by atoms with Crippen molar-refractivity contribution in [2.45, 2.75) is 23.5 Å². The van der Waals surface area contributed by atoms with E-state index in [0.717, 1.165) is 38.9 Å². The molecule has 0 aliphatic heterocycles. The summed E-state index contributed by atoms with van der Waals surface area (Å²) in [6.45, 7) is 2.01. The van der Waals surface area contributed by atoms with Crippen LogP contribution in [-0.4, -0.2) is 11.2 Å². The van der Waals surface area contributed by atoms with Gasteiger partial charge in [-0.3, -0.25) is 4.79 Å². The van der Waals surface area contributed by atoms with Crippen LogP contribution in [0.15, 0.2) is 76.0 Å². The Hall–Kier alpha value is -2.43. The van der Waals surface area contributed by atoms with E-state index in [1.165, 1.54) is 11.8 Å². The quantitative estimate of drug-likeness (QED) is 0.380. The third kappa shape index (κ3) is 3.82. The average Bonchev–Trinajstić information content (AvgIpc) is 3.05. The molecule has 1 aromatic heterocycles. The van der Waals surface area contributed by atoms with Gasteiger partial charge in [-0.2, -0.15) is 0 Å². The van der Waals surface area contributed by atoms with E-state index < -0.39 is 0 Å². The molecule has 1 atom stereocenters. The van der Waals surface area contributed by atoms with Gasteiger partial charge in [-0.1, -0.05) is 36.7 Å². The minimum Gasteiger partial charge on any atom is -0.456 e. The van der Waals surface area contributed by atoms with Gasteiger partial charge in [-0.25, -0.2) is 0 Å². The molecule has 136 valence electrons. The molecule has 0 aliphatic carbocycles. The maximum Gasteiger partial charge on any atom is 0.237 e. The van der Waals surface area contributed by atoms with E-state index in [1.54, 1.807) is 0 Å². The lowest BCUT2D eigenvalue weighted by Gasteiger charge is -2.15. The molecule has 5 heteroatoms. The smallest absolute Gasteiger partial charge is 0.237 e. The van der Waals surface area contributed by atoms with Gasteiger partial charge >= 0.3 is 0 Å². The Balaban J connectivity index is 1.53. The number of rotatable bonds is 5. The van der Waals surface area contributed by atoms with Gasteiger partial charge in [0.25, 0.3) is 0 Å². The molecule has 0 spiro atoms. The van der Waals surface area contributed by atoms with Crippen molar-refractivity contribution in [2.75, 3.05) is 5.32 Å². The summed E-state index contributed by atoms with van der Waals surface area (Å²) < 4.78 is 5.90. The van der Waals surface area contributed by atoms with Crippen LogP contribution in [0, 0.1) is 0 Å². The van der Waals surface area contributed by atoms with E-state index in [9.17, 15) is 4.79 Å². The van der Waals surface area contributed by atoms with Crippen molar-refractivity contribution in [3.05, 3.63) is 71.8 Å². The van der Waals surface area contributed by atoms with Crippen LogP contribution in [0.2, 0.25) is 5.02 Å². The fourth-order valence-electron chi connectivity index (χ4n) is 3.03. The zero-order valence-electron chi connectivity index (χ0n) is 14.7. The lowest BCUT2D eigenvalue weighted by Crippen LogP contribution is -2.24. The summed E-state index contributed by atoms with van der Waals surface area (Å²) in [5.41, 5.74) is 2.36. The molecular weight excluding hydrogens is 378 g/mol. The largest absolute Gasteiger partial charge is 0.456 e. The maximum atomic E-state index is 12.7. The number of furan rings is 1. The minimum absolute atomic E-state index is 0.0205. The van der Waals surface area contributed by atoms with Gasteiger partial charge in [0.2, 0.25) is 5.91 Å². The maximum absolute atomic E-state index is 12.7. The molecule has 0 bridgehead atoms. The summed E-state index contributed by atoms with van der Waals surface area (Å²) in [6.07, 6.45) is 0.728. The van der Waals surface area contributed by atoms with Crippen molar-refractivity contribution >= 4 is 56.9 Å². The highest BCUT2D eigenvalue weighted by atomic mass is 35.5. The van der Waals surface area contributed by atoms with Crippen molar-refractivity contribution < 1.29 is 9.21 Å². The third-order valence-corrected chi connectivity index (χ3v) is 6.03. The fraction of sp³-hybridized carbons (Fsp3) is 0.136. The minimum atomic E-state index is -0.183. The average molecular weight is 396 g/mol. The number of carbonyl (C=O) groups is 1. The number of thioether (sulfide) groups is 1. The zero-order valence-corrected chi connectivity index (χ0v) is 16.3. The number of para-hydroxylation sites is 1. The van der Waals surface area contributed by atoms with E-state index in [-0.39, 0.29) is 11.2 Å². The number of hydrogen-bond acceptors (Lipinski definition) is 3. The Labute approximate surface area is 166 Å². The molecule has 0 saturated carbocycles. The first-order chi connectivity index (χ1) is 13.1. The van der Waals surface area contributed by atoms with Gasteiger partial charge in [-0.15, -0.1) is 11.8 Å². The standard InChI is InChI=1S/C22H18ClNO2S/c1-2-21(27-16-10-7-14(23)8-11-16)22(25)24-15-9-12-18-17-5-3-4-6-19(17)26-20(18)13-15/h3-13,21H,2H2,1H3,(H,24,25). The van der Waals surface area contributed by atoms with Gasteiger partial charge in [0.05, 0.1) is 5.25 Å². The van der Waals surface area contributed by atoms with Crippen molar-refractivity contribution in [3.63, 3.8) is 0 Å². The highest BCUT2D eigenvalue weighted by Gasteiger charge is 2.18. The predicted octanol–water partition coefficient (Wildman–Crippen LogP) is 6.75. The number of fused-ring (bicyclic) bond motifs is 3. The number of halogens is 1. The first kappa shape index (κ1) is 18.0. The molecule has 4 rings (SSSR count). The second-order valence-electron chi connectivity index (χ2n) is 6.27. The number of anilines is 1. The number of carbonyl (C=O) groups excluding carboxylic acids is 1. The van der Waals surface area contributed by atoms with E-state index >= 15 is 0 Å². The summed E-state index contributed by atoms with van der Waals surface area (Å²) in [5.74, 6) is -0.0205. The van der Waals surface area contributed by atoms with E-state index in [1.807, 2.05) is 73.7 Å². The molecule has 0 aliphatic rings. The summed E-state index contributed by atoms with van der Waals surface area (Å²) in [7, 11) is 0. The normalized spacial score (nSPS) is 12.4. The van der Waals surface area contributed by atoms with Gasteiger partial charge < -0.3 is 9.73 Å². The Bertz CT molecular complexity index is 1100. The zero-order chi connectivity index (χ0) is 18.8. The van der Waals surface area contributed by atoms with Crippen molar-refractivity contribution in [3.8, 4) is 0 Å². The first-order valence-corrected chi connectivity index (χ1v) is 10.0. The highest BCUT2D eigenvalue weighted by Crippen LogP contribution is 2.31. The SMILES string of the molecule is CCC(Sc1ccc(Cl)cc1)C(=O)Nc1ccc2c(c1)oc1ccccc12. The van der Waals surface area contributed by atoms with Crippen LogP contribution in [0.4, 0.5) is 5.69 Å². The van der Waals surface area contributed by atoms with E-state index in [0.29, 0.717) is 5.02 Å². The molecule has 1 unspecified atom stereocenters. The molecule has 1 heterocycles. The molecule has 3 nitrogen and oxygen atoms in total. The van der Waals surface area contributed by atoms with Crippen LogP contribution in [0.1, 0.15) is 13.3 Å². The number of benzene rings is 3. The van der Waals surface area contributed by atoms with Crippen LogP contribution in [0.3, 0.4) is 0 Å². The van der Waals surface area contributed by atoms with E-state index in [4.69, 9.17) is 16.0 Å². The summed E-state index contributed by atoms with van der Waals surface area (Å²) in [4.78, 5) is 13.8. The van der Waals surface area contributed by atoms with Crippen LogP contribution < -0.4 is 5.32 Å². The molecule has 0 fully saturated rings. The van der Waals surface area contributed by atoms with Gasteiger partial charge in [0.15, 0.2) is 0 Å². The van der Waals surface area contributed by atoms with Crippen LogP contribution in [0.5, 0.6) is 0 Å². The second-order valence-corrected chi connectivity index (χ2v) is 7.98. The fourth-order valence-corrected chi connectivity index (χ4v) is 4.11. The summed E-state index contributed by atoms with van der Waals surface area (Å²) in [6, 6.07) is 21.3. The Morgan fingerprint density at radius 3 is 2.56 bits per heavy atom. The lowest BCUT2D eigenvalue weighted by atomic mass is 10.1. The molecule has 3 aromatic carbocycles. The number of amides is 1. The Morgan fingerprint density at radius 1 is 1.04 bits per heavy atom. The predicted molar refractivity (Wildman–Crippen MR) is 114 cm³/mol. The van der Waals surface area contributed by atoms with E-state index in [2.05, 4.69) is 5.32 Å². The number of nitrogens with one attached hydrogen (secondary N) is 1. The topological polar surface area (TPSA) is 42.2 Å². The van der Waals surface area contributed by atoms with Crippen molar-refractivity contribution in [2.24, 2.45) is 0 Å². The van der Waals surface area contributed by atoms with Gasteiger partial charge in [0.1, 0.15) is 11.2 Å². The Kier molecular flexibility index (Phi) is 5.10. The molecular formula is C22H18ClNO2S. The van der Waals surface area contributed by atoms with Gasteiger partial charge in [0, 0.05) is 32.4 Å². The third-order valence-electron chi connectivity index (χ3n) is 4.40. The summed E-state index contributed by atoms with van der Waals surface area (Å²) >= 11 is 7.47. The highest BCUT2D eigenvalue weighted by molar-refractivity contribution is 8.00. The van der Waals surface area contributed by atoms with Crippen LogP contribution >= 0.6 is 23.4 Å². The Morgan fingerprint density at radius 2 is 1.78 bits per heavy atom. The molecule has 27 heavy (non-hydrogen) atoms. The van der Waals surface area contributed by atoms with Crippen molar-refractivity contribution in [1.82, 2.24) is 0 Å². The molecule has 4 aromatic rings. The molecule has 0 radical (unpaired) electrons. The molecule has 1 N–H and O–H groups in total. The van der Waals surface area contributed by atoms with Crippen LogP contribution in [0.25, 0.3) is 21.9 Å². The first-order valence-electron chi connectivity index (χ1n) is 8.78. The number of hydrogen-bond donors (Lipinski definition) is 1. The van der Waals surface area contributed by atoms with Crippen LogP contribution in [-0.2, 0) is 4.79 Å². The monoisotopic (exact) mass is 395 g/mol.